The molecule has 0 aromatic heterocycles. The molecule has 132 valence electrons. The fourth-order valence-corrected chi connectivity index (χ4v) is 4.16. The number of halogens is 1. The molecule has 6 heteroatoms. The summed E-state index contributed by atoms with van der Waals surface area (Å²) in [4.78, 5) is 4.33. The Morgan fingerprint density at radius 1 is 1.42 bits per heavy atom. The standard InChI is InChI=1S/C18H26N4S.HI/c1-3-23-17-9-5-8-16(11-17)22-18(20-2)21-13-15-7-4-6-14(10-15)12-19;/h4,6-7,10,16-17H,3,5,8-9,11,13H2,1-2H3,(H2,20,21,22);1H. The molecule has 4 nitrogen and oxygen atoms in total. The second-order valence-electron chi connectivity index (χ2n) is 5.82. The summed E-state index contributed by atoms with van der Waals surface area (Å²) in [6, 6.07) is 10.4. The lowest BCUT2D eigenvalue weighted by Crippen LogP contribution is -2.45. The van der Waals surface area contributed by atoms with Crippen LogP contribution < -0.4 is 10.6 Å². The highest BCUT2D eigenvalue weighted by molar-refractivity contribution is 14.0. The van der Waals surface area contributed by atoms with Crippen molar-refractivity contribution in [3.8, 4) is 6.07 Å². The third kappa shape index (κ3) is 6.89. The van der Waals surface area contributed by atoms with Crippen molar-refractivity contribution in [3.63, 3.8) is 0 Å². The summed E-state index contributed by atoms with van der Waals surface area (Å²) in [5.41, 5.74) is 1.79. The normalized spacial score (nSPS) is 20.6. The summed E-state index contributed by atoms with van der Waals surface area (Å²) in [5.74, 6) is 2.04. The van der Waals surface area contributed by atoms with Crippen LogP contribution >= 0.6 is 35.7 Å². The van der Waals surface area contributed by atoms with Crippen LogP contribution in [-0.4, -0.2) is 30.1 Å². The van der Waals surface area contributed by atoms with Crippen molar-refractivity contribution in [2.75, 3.05) is 12.8 Å². The topological polar surface area (TPSA) is 60.2 Å². The fraction of sp³-hybridized carbons (Fsp3) is 0.556. The predicted octanol–water partition coefficient (Wildman–Crippen LogP) is 3.91. The van der Waals surface area contributed by atoms with Crippen LogP contribution in [0, 0.1) is 11.3 Å². The number of guanidine groups is 1. The van der Waals surface area contributed by atoms with Gasteiger partial charge in [-0.15, -0.1) is 24.0 Å². The SMILES string of the molecule is CCSC1CCCC(NC(=NC)NCc2cccc(C#N)c2)C1.I. The Kier molecular flexibility index (Phi) is 10.2. The van der Waals surface area contributed by atoms with Crippen molar-refractivity contribution in [2.45, 2.75) is 50.4 Å². The van der Waals surface area contributed by atoms with Gasteiger partial charge in [0.2, 0.25) is 0 Å². The Morgan fingerprint density at radius 2 is 2.25 bits per heavy atom. The van der Waals surface area contributed by atoms with E-state index in [1.165, 1.54) is 31.4 Å². The Bertz CT molecular complexity index is 568. The van der Waals surface area contributed by atoms with Crippen LogP contribution in [0.2, 0.25) is 0 Å². The molecule has 2 N–H and O–H groups in total. The maximum atomic E-state index is 8.96. The highest BCUT2D eigenvalue weighted by Gasteiger charge is 2.22. The van der Waals surface area contributed by atoms with Crippen LogP contribution in [0.1, 0.15) is 43.7 Å². The zero-order valence-electron chi connectivity index (χ0n) is 14.4. The monoisotopic (exact) mass is 458 g/mol. The number of nitrogens with zero attached hydrogens (tertiary/aromatic N) is 2. The average molecular weight is 458 g/mol. The number of thioether (sulfide) groups is 1. The van der Waals surface area contributed by atoms with Crippen molar-refractivity contribution in [1.82, 2.24) is 10.6 Å². The molecule has 0 amide bonds. The first-order chi connectivity index (χ1) is 11.2. The highest BCUT2D eigenvalue weighted by Crippen LogP contribution is 2.28. The molecule has 1 saturated carbocycles. The van der Waals surface area contributed by atoms with Crippen molar-refractivity contribution < 1.29 is 0 Å². The van der Waals surface area contributed by atoms with Crippen LogP contribution in [-0.2, 0) is 6.54 Å². The Morgan fingerprint density at radius 3 is 2.96 bits per heavy atom. The summed E-state index contributed by atoms with van der Waals surface area (Å²) in [5, 5.41) is 16.6. The number of nitriles is 1. The molecule has 24 heavy (non-hydrogen) atoms. The number of benzene rings is 1. The van der Waals surface area contributed by atoms with Gasteiger partial charge in [0.05, 0.1) is 11.6 Å². The van der Waals surface area contributed by atoms with Crippen LogP contribution in [0.3, 0.4) is 0 Å². The van der Waals surface area contributed by atoms with Gasteiger partial charge in [-0.1, -0.05) is 25.5 Å². The molecule has 0 radical (unpaired) electrons. The van der Waals surface area contributed by atoms with Gasteiger partial charge in [0.1, 0.15) is 0 Å². The lowest BCUT2D eigenvalue weighted by Gasteiger charge is -2.30. The van der Waals surface area contributed by atoms with Gasteiger partial charge in [0.25, 0.3) is 0 Å². The van der Waals surface area contributed by atoms with E-state index in [9.17, 15) is 0 Å². The number of rotatable bonds is 5. The van der Waals surface area contributed by atoms with E-state index >= 15 is 0 Å². The van der Waals surface area contributed by atoms with Gasteiger partial charge in [-0.3, -0.25) is 4.99 Å². The lowest BCUT2D eigenvalue weighted by molar-refractivity contribution is 0.419. The Labute approximate surface area is 166 Å². The van der Waals surface area contributed by atoms with E-state index in [2.05, 4.69) is 40.4 Å². The molecular formula is C18H27IN4S. The van der Waals surface area contributed by atoms with Gasteiger partial charge in [-0.2, -0.15) is 17.0 Å². The van der Waals surface area contributed by atoms with Crippen molar-refractivity contribution >= 4 is 41.7 Å². The number of aliphatic imine (C=N–C) groups is 1. The molecule has 2 unspecified atom stereocenters. The van der Waals surface area contributed by atoms with Gasteiger partial charge in [-0.05, 0) is 42.7 Å². The molecule has 0 heterocycles. The molecule has 1 aromatic rings. The second-order valence-corrected chi connectivity index (χ2v) is 7.40. The molecule has 1 aromatic carbocycles. The van der Waals surface area contributed by atoms with E-state index in [1.807, 2.05) is 31.3 Å². The first-order valence-corrected chi connectivity index (χ1v) is 9.37. The number of hydrogen-bond donors (Lipinski definition) is 2. The van der Waals surface area contributed by atoms with Crippen molar-refractivity contribution in [1.29, 1.82) is 5.26 Å². The maximum Gasteiger partial charge on any atom is 0.191 e. The first kappa shape index (κ1) is 21.1. The van der Waals surface area contributed by atoms with Crippen molar-refractivity contribution in [2.24, 2.45) is 4.99 Å². The molecule has 0 saturated heterocycles. The van der Waals surface area contributed by atoms with Crippen LogP contribution in [0.15, 0.2) is 29.3 Å². The molecule has 1 fully saturated rings. The van der Waals surface area contributed by atoms with E-state index in [0.717, 1.165) is 16.8 Å². The van der Waals surface area contributed by atoms with E-state index in [0.29, 0.717) is 18.2 Å². The predicted molar refractivity (Wildman–Crippen MR) is 114 cm³/mol. The zero-order valence-corrected chi connectivity index (χ0v) is 17.6. The Balaban J connectivity index is 0.00000288. The zero-order chi connectivity index (χ0) is 16.5. The smallest absolute Gasteiger partial charge is 0.191 e. The Hall–Kier alpha value is -0.940. The minimum absolute atomic E-state index is 0. The maximum absolute atomic E-state index is 8.96. The molecule has 2 rings (SSSR count). The number of nitrogens with one attached hydrogen (secondary N) is 2. The van der Waals surface area contributed by atoms with E-state index < -0.39 is 0 Å². The third-order valence-electron chi connectivity index (χ3n) is 4.11. The second kappa shape index (κ2) is 11.6. The minimum atomic E-state index is 0. The average Bonchev–Trinajstić information content (AvgIpc) is 2.59. The van der Waals surface area contributed by atoms with Gasteiger partial charge in [0.15, 0.2) is 5.96 Å². The lowest BCUT2D eigenvalue weighted by atomic mass is 9.95. The summed E-state index contributed by atoms with van der Waals surface area (Å²) in [7, 11) is 1.81. The van der Waals surface area contributed by atoms with E-state index in [4.69, 9.17) is 5.26 Å². The summed E-state index contributed by atoms with van der Waals surface area (Å²) in [6.45, 7) is 2.91. The number of hydrogen-bond acceptors (Lipinski definition) is 3. The van der Waals surface area contributed by atoms with Crippen molar-refractivity contribution in [3.05, 3.63) is 35.4 Å². The molecule has 0 bridgehead atoms. The summed E-state index contributed by atoms with van der Waals surface area (Å²) < 4.78 is 0. The first-order valence-electron chi connectivity index (χ1n) is 8.33. The van der Waals surface area contributed by atoms with Gasteiger partial charge in [-0.25, -0.2) is 0 Å². The van der Waals surface area contributed by atoms with Crippen LogP contribution in [0.5, 0.6) is 0 Å². The van der Waals surface area contributed by atoms with E-state index in [-0.39, 0.29) is 24.0 Å². The molecular weight excluding hydrogens is 431 g/mol. The van der Waals surface area contributed by atoms with Gasteiger partial charge < -0.3 is 10.6 Å². The summed E-state index contributed by atoms with van der Waals surface area (Å²) in [6.07, 6.45) is 5.05. The molecule has 1 aliphatic rings. The van der Waals surface area contributed by atoms with Gasteiger partial charge in [0, 0.05) is 24.9 Å². The molecule has 2 atom stereocenters. The van der Waals surface area contributed by atoms with Crippen LogP contribution in [0.4, 0.5) is 0 Å². The molecule has 0 spiro atoms. The van der Waals surface area contributed by atoms with E-state index in [1.54, 1.807) is 0 Å². The quantitative estimate of drug-likeness (QED) is 0.399. The third-order valence-corrected chi connectivity index (χ3v) is 5.34. The largest absolute Gasteiger partial charge is 0.354 e. The fourth-order valence-electron chi connectivity index (χ4n) is 2.99. The summed E-state index contributed by atoms with van der Waals surface area (Å²) >= 11 is 2.07. The molecule has 0 aliphatic heterocycles. The van der Waals surface area contributed by atoms with Gasteiger partial charge >= 0.3 is 0 Å². The minimum Gasteiger partial charge on any atom is -0.354 e. The molecule has 1 aliphatic carbocycles. The highest BCUT2D eigenvalue weighted by atomic mass is 127. The van der Waals surface area contributed by atoms with Crippen LogP contribution in [0.25, 0.3) is 0 Å².